The molecule has 0 saturated heterocycles. The number of aromatic amines is 2. The summed E-state index contributed by atoms with van der Waals surface area (Å²) >= 11 is 0. The molecule has 1 saturated carbocycles. The summed E-state index contributed by atoms with van der Waals surface area (Å²) in [4.78, 5) is 28.9. The number of anilines is 1. The zero-order chi connectivity index (χ0) is 16.0. The molecule has 1 amide bonds. The van der Waals surface area contributed by atoms with Gasteiger partial charge in [-0.25, -0.2) is 9.18 Å². The van der Waals surface area contributed by atoms with Gasteiger partial charge in [0, 0.05) is 11.6 Å². The van der Waals surface area contributed by atoms with E-state index in [9.17, 15) is 14.0 Å². The lowest BCUT2D eigenvalue weighted by atomic mass is 10.1. The molecule has 3 N–H and O–H groups in total. The summed E-state index contributed by atoms with van der Waals surface area (Å²) < 4.78 is 12.9. The van der Waals surface area contributed by atoms with E-state index >= 15 is 0 Å². The van der Waals surface area contributed by atoms with Crippen LogP contribution in [0, 0.1) is 11.7 Å². The summed E-state index contributed by atoms with van der Waals surface area (Å²) in [5, 5.41) is 2.87. The second kappa shape index (κ2) is 5.08. The van der Waals surface area contributed by atoms with Crippen molar-refractivity contribution >= 4 is 22.6 Å². The van der Waals surface area contributed by atoms with Gasteiger partial charge in [-0.15, -0.1) is 0 Å². The van der Waals surface area contributed by atoms with E-state index in [4.69, 9.17) is 0 Å². The molecule has 0 aliphatic heterocycles. The van der Waals surface area contributed by atoms with Gasteiger partial charge in [-0.3, -0.25) is 4.79 Å². The Hall–Kier alpha value is -2.89. The van der Waals surface area contributed by atoms with Crippen LogP contribution in [0.15, 0.2) is 47.3 Å². The Bertz CT molecular complexity index is 942. The first kappa shape index (κ1) is 13.8. The molecule has 2 atom stereocenters. The van der Waals surface area contributed by atoms with Gasteiger partial charge in [0.1, 0.15) is 5.82 Å². The number of amides is 1. The normalized spacial score (nSPS) is 19.7. The Labute approximate surface area is 130 Å². The summed E-state index contributed by atoms with van der Waals surface area (Å²) in [5.41, 5.74) is 2.70. The van der Waals surface area contributed by atoms with Crippen LogP contribution in [-0.2, 0) is 4.79 Å². The topological polar surface area (TPSA) is 77.8 Å². The van der Waals surface area contributed by atoms with E-state index in [1.165, 1.54) is 12.1 Å². The number of nitrogens with one attached hydrogen (secondary N) is 3. The monoisotopic (exact) mass is 311 g/mol. The van der Waals surface area contributed by atoms with Gasteiger partial charge in [-0.2, -0.15) is 0 Å². The van der Waals surface area contributed by atoms with Gasteiger partial charge in [-0.05, 0) is 48.2 Å². The maximum Gasteiger partial charge on any atom is 0.323 e. The molecule has 0 bridgehead atoms. The summed E-state index contributed by atoms with van der Waals surface area (Å²) in [6.07, 6.45) is 0.765. The highest BCUT2D eigenvalue weighted by Crippen LogP contribution is 2.48. The fraction of sp³-hybridized carbons (Fsp3) is 0.176. The van der Waals surface area contributed by atoms with Crippen molar-refractivity contribution in [2.75, 3.05) is 5.32 Å². The summed E-state index contributed by atoms with van der Waals surface area (Å²) in [7, 11) is 0. The van der Waals surface area contributed by atoms with Crippen LogP contribution in [0.25, 0.3) is 11.0 Å². The summed E-state index contributed by atoms with van der Waals surface area (Å²) in [6.45, 7) is 0. The lowest BCUT2D eigenvalue weighted by molar-refractivity contribution is -0.117. The number of imidazole rings is 1. The lowest BCUT2D eigenvalue weighted by Gasteiger charge is -2.05. The number of rotatable bonds is 3. The number of hydrogen-bond acceptors (Lipinski definition) is 2. The Kier molecular flexibility index (Phi) is 3.04. The van der Waals surface area contributed by atoms with E-state index in [1.54, 1.807) is 30.3 Å². The third-order valence-electron chi connectivity index (χ3n) is 4.21. The first-order valence-electron chi connectivity index (χ1n) is 7.38. The van der Waals surface area contributed by atoms with Crippen molar-refractivity contribution in [2.45, 2.75) is 12.3 Å². The van der Waals surface area contributed by atoms with Crippen LogP contribution in [0.3, 0.4) is 0 Å². The third kappa shape index (κ3) is 2.63. The third-order valence-corrected chi connectivity index (χ3v) is 4.21. The summed E-state index contributed by atoms with van der Waals surface area (Å²) in [5.74, 6) is -0.284. The number of carbonyl (C=O) groups is 1. The van der Waals surface area contributed by atoms with E-state index in [0.29, 0.717) is 16.7 Å². The van der Waals surface area contributed by atoms with Crippen molar-refractivity contribution in [3.05, 3.63) is 64.3 Å². The van der Waals surface area contributed by atoms with Crippen LogP contribution in [0.4, 0.5) is 10.1 Å². The quantitative estimate of drug-likeness (QED) is 0.695. The molecule has 116 valence electrons. The molecular formula is C17H14FN3O2. The fourth-order valence-corrected chi connectivity index (χ4v) is 2.91. The van der Waals surface area contributed by atoms with Crippen LogP contribution >= 0.6 is 0 Å². The van der Waals surface area contributed by atoms with E-state index in [2.05, 4.69) is 15.3 Å². The molecule has 1 aliphatic rings. The van der Waals surface area contributed by atoms with Crippen molar-refractivity contribution in [3.63, 3.8) is 0 Å². The number of aromatic nitrogens is 2. The van der Waals surface area contributed by atoms with E-state index in [1.807, 2.05) is 0 Å². The van der Waals surface area contributed by atoms with Crippen LogP contribution in [0.2, 0.25) is 0 Å². The van der Waals surface area contributed by atoms with Crippen LogP contribution in [0.5, 0.6) is 0 Å². The molecule has 0 unspecified atom stereocenters. The van der Waals surface area contributed by atoms with Crippen molar-refractivity contribution < 1.29 is 9.18 Å². The molecule has 1 aliphatic carbocycles. The van der Waals surface area contributed by atoms with Crippen LogP contribution in [0.1, 0.15) is 17.9 Å². The fourth-order valence-electron chi connectivity index (χ4n) is 2.91. The number of H-pyrrole nitrogens is 2. The maximum absolute atomic E-state index is 12.9. The van der Waals surface area contributed by atoms with Gasteiger partial charge in [0.05, 0.1) is 11.0 Å². The highest BCUT2D eigenvalue weighted by atomic mass is 19.1. The van der Waals surface area contributed by atoms with E-state index in [0.717, 1.165) is 12.0 Å². The van der Waals surface area contributed by atoms with Gasteiger partial charge in [0.2, 0.25) is 5.91 Å². The number of hydrogen-bond donors (Lipinski definition) is 3. The van der Waals surface area contributed by atoms with Crippen LogP contribution < -0.4 is 11.0 Å². The highest BCUT2D eigenvalue weighted by Gasteiger charge is 2.43. The Morgan fingerprint density at radius 2 is 1.83 bits per heavy atom. The lowest BCUT2D eigenvalue weighted by Crippen LogP contribution is -2.14. The molecular weight excluding hydrogens is 297 g/mol. The molecule has 0 spiro atoms. The minimum atomic E-state index is -0.276. The first-order chi connectivity index (χ1) is 11.1. The predicted octanol–water partition coefficient (Wildman–Crippen LogP) is 2.74. The SMILES string of the molecule is O=C(Nc1ccc2[nH]c(=O)[nH]c2c1)[C@H]1C[C@H]1c1ccc(F)cc1. The van der Waals surface area contributed by atoms with Gasteiger partial charge < -0.3 is 15.3 Å². The predicted molar refractivity (Wildman–Crippen MR) is 84.8 cm³/mol. The van der Waals surface area contributed by atoms with Gasteiger partial charge in [0.15, 0.2) is 0 Å². The minimum absolute atomic E-state index is 0.0587. The van der Waals surface area contributed by atoms with Crippen molar-refractivity contribution in [2.24, 2.45) is 5.92 Å². The average molecular weight is 311 g/mol. The Morgan fingerprint density at radius 1 is 1.09 bits per heavy atom. The van der Waals surface area contributed by atoms with Crippen LogP contribution in [-0.4, -0.2) is 15.9 Å². The smallest absolute Gasteiger partial charge is 0.323 e. The molecule has 23 heavy (non-hydrogen) atoms. The molecule has 3 aromatic rings. The highest BCUT2D eigenvalue weighted by molar-refractivity contribution is 5.96. The average Bonchev–Trinajstić information content (AvgIpc) is 3.23. The second-order valence-electron chi connectivity index (χ2n) is 5.83. The standard InChI is InChI=1S/C17H14FN3O2/c18-10-3-1-9(2-4-10)12-8-13(12)16(22)19-11-5-6-14-15(7-11)21-17(23)20-14/h1-7,12-13H,8H2,(H,19,22)(H2,20,21,23)/t12-,13-/m0/s1. The molecule has 6 heteroatoms. The zero-order valence-corrected chi connectivity index (χ0v) is 12.1. The Balaban J connectivity index is 1.47. The zero-order valence-electron chi connectivity index (χ0n) is 12.1. The maximum atomic E-state index is 12.9. The number of carbonyl (C=O) groups excluding carboxylic acids is 1. The molecule has 5 nitrogen and oxygen atoms in total. The number of fused-ring (bicyclic) bond motifs is 1. The number of halogens is 1. The molecule has 1 heterocycles. The van der Waals surface area contributed by atoms with Crippen molar-refractivity contribution in [1.82, 2.24) is 9.97 Å². The molecule has 4 rings (SSSR count). The molecule has 0 radical (unpaired) electrons. The van der Waals surface area contributed by atoms with E-state index < -0.39 is 0 Å². The second-order valence-corrected chi connectivity index (χ2v) is 5.83. The molecule has 1 aromatic heterocycles. The minimum Gasteiger partial charge on any atom is -0.326 e. The van der Waals surface area contributed by atoms with Gasteiger partial charge in [-0.1, -0.05) is 12.1 Å². The van der Waals surface area contributed by atoms with Gasteiger partial charge >= 0.3 is 5.69 Å². The number of benzene rings is 2. The first-order valence-corrected chi connectivity index (χ1v) is 7.38. The molecule has 1 fully saturated rings. The van der Waals surface area contributed by atoms with Gasteiger partial charge in [0.25, 0.3) is 0 Å². The van der Waals surface area contributed by atoms with Crippen molar-refractivity contribution in [1.29, 1.82) is 0 Å². The van der Waals surface area contributed by atoms with E-state index in [-0.39, 0.29) is 29.2 Å². The van der Waals surface area contributed by atoms with Crippen molar-refractivity contribution in [3.8, 4) is 0 Å². The largest absolute Gasteiger partial charge is 0.326 e. The summed E-state index contributed by atoms with van der Waals surface area (Å²) in [6, 6.07) is 11.5. The Morgan fingerprint density at radius 3 is 2.61 bits per heavy atom. The molecule has 2 aromatic carbocycles.